The van der Waals surface area contributed by atoms with Crippen molar-refractivity contribution in [2.45, 2.75) is 142 Å². The monoisotopic (exact) mass is 691 g/mol. The van der Waals surface area contributed by atoms with E-state index < -0.39 is 77.3 Å². The fraction of sp³-hybridized carbons (Fsp3) is 0.763. The van der Waals surface area contributed by atoms with Crippen molar-refractivity contribution in [2.75, 3.05) is 20.7 Å². The molecule has 0 unspecified atom stereocenters. The van der Waals surface area contributed by atoms with Crippen molar-refractivity contribution in [2.24, 2.45) is 23.7 Å². The minimum absolute atomic E-state index is 0.0875. The molecule has 0 saturated carbocycles. The van der Waals surface area contributed by atoms with Gasteiger partial charge >= 0.3 is 5.97 Å². The summed E-state index contributed by atoms with van der Waals surface area (Å²) in [5, 5.41) is 34.2. The molecule has 13 atom stereocenters. The van der Waals surface area contributed by atoms with E-state index in [4.69, 9.17) is 18.9 Å². The molecular formula is C38H61NO10. The van der Waals surface area contributed by atoms with Crippen LogP contribution in [0.2, 0.25) is 0 Å². The van der Waals surface area contributed by atoms with Crippen molar-refractivity contribution in [3.8, 4) is 0 Å². The summed E-state index contributed by atoms with van der Waals surface area (Å²) in [6.07, 6.45) is -4.09. The molecule has 0 bridgehead atoms. The molecule has 49 heavy (non-hydrogen) atoms. The number of rotatable bonds is 9. The fourth-order valence-electron chi connectivity index (χ4n) is 7.60. The average Bonchev–Trinajstić information content (AvgIpc) is 3.06. The van der Waals surface area contributed by atoms with E-state index >= 15 is 0 Å². The van der Waals surface area contributed by atoms with Gasteiger partial charge in [0.15, 0.2) is 12.1 Å². The number of carbonyl (C=O) groups excluding carboxylic acids is 3. The van der Waals surface area contributed by atoms with Gasteiger partial charge in [-0.05, 0) is 79.5 Å². The highest BCUT2D eigenvalue weighted by atomic mass is 16.7. The average molecular weight is 692 g/mol. The second kappa shape index (κ2) is 17.3. The summed E-state index contributed by atoms with van der Waals surface area (Å²) < 4.78 is 25.2. The number of nitrogens with zero attached hydrogens (tertiary/aromatic N) is 1. The van der Waals surface area contributed by atoms with Crippen LogP contribution in [0, 0.1) is 23.7 Å². The number of likely N-dealkylation sites (N-methyl/N-ethyl adjacent to an activating group) is 1. The maximum Gasteiger partial charge on any atom is 0.316 e. The van der Waals surface area contributed by atoms with Gasteiger partial charge in [0.25, 0.3) is 0 Å². The Kier molecular flexibility index (Phi) is 14.5. The molecule has 0 spiro atoms. The van der Waals surface area contributed by atoms with Crippen molar-refractivity contribution < 1.29 is 48.7 Å². The van der Waals surface area contributed by atoms with E-state index in [2.05, 4.69) is 0 Å². The van der Waals surface area contributed by atoms with Crippen molar-refractivity contribution in [3.05, 3.63) is 35.9 Å². The maximum atomic E-state index is 14.2. The number of hydrogen-bond donors (Lipinski definition) is 3. The number of Topliss-reactive ketones (excluding diaryl/α,β-unsaturated/α-hetero) is 2. The van der Waals surface area contributed by atoms with Gasteiger partial charge in [0.1, 0.15) is 29.5 Å². The Morgan fingerprint density at radius 1 is 0.959 bits per heavy atom. The third kappa shape index (κ3) is 9.75. The number of aliphatic hydroxyl groups excluding tert-OH is 2. The van der Waals surface area contributed by atoms with Gasteiger partial charge < -0.3 is 39.2 Å². The molecule has 2 heterocycles. The third-order valence-corrected chi connectivity index (χ3v) is 10.7. The molecule has 2 aliphatic rings. The summed E-state index contributed by atoms with van der Waals surface area (Å²) in [6.45, 7) is 13.4. The van der Waals surface area contributed by atoms with Crippen LogP contribution in [0.4, 0.5) is 0 Å². The van der Waals surface area contributed by atoms with E-state index in [1.807, 2.05) is 56.3 Å². The summed E-state index contributed by atoms with van der Waals surface area (Å²) in [7, 11) is 3.74. The lowest BCUT2D eigenvalue weighted by molar-refractivity contribution is -0.297. The van der Waals surface area contributed by atoms with Gasteiger partial charge in [0.05, 0.1) is 23.9 Å². The second-order valence-corrected chi connectivity index (χ2v) is 15.1. The number of aryl methyl sites for hydroxylation is 1. The van der Waals surface area contributed by atoms with Crippen molar-refractivity contribution in [1.82, 2.24) is 4.90 Å². The summed E-state index contributed by atoms with van der Waals surface area (Å²) in [5.74, 6) is -5.63. The predicted molar refractivity (Wildman–Crippen MR) is 185 cm³/mol. The van der Waals surface area contributed by atoms with E-state index in [0.717, 1.165) is 12.0 Å². The van der Waals surface area contributed by atoms with Gasteiger partial charge in [-0.25, -0.2) is 0 Å². The van der Waals surface area contributed by atoms with Crippen LogP contribution in [-0.2, 0) is 39.8 Å². The minimum atomic E-state index is -1.96. The van der Waals surface area contributed by atoms with Crippen LogP contribution in [-0.4, -0.2) is 113 Å². The Hall–Kier alpha value is -2.25. The van der Waals surface area contributed by atoms with E-state index in [1.165, 1.54) is 13.8 Å². The van der Waals surface area contributed by atoms with Crippen molar-refractivity contribution in [3.63, 3.8) is 0 Å². The van der Waals surface area contributed by atoms with Crippen molar-refractivity contribution in [1.29, 1.82) is 0 Å². The highest BCUT2D eigenvalue weighted by molar-refractivity contribution is 6.00. The molecule has 11 heteroatoms. The first kappa shape index (κ1) is 41.2. The predicted octanol–water partition coefficient (Wildman–Crippen LogP) is 3.73. The Bertz CT molecular complexity index is 1240. The molecule has 3 rings (SSSR count). The quantitative estimate of drug-likeness (QED) is 0.197. The number of benzene rings is 1. The lowest BCUT2D eigenvalue weighted by atomic mass is 9.74. The van der Waals surface area contributed by atoms with Gasteiger partial charge in [0, 0.05) is 30.4 Å². The molecule has 0 aliphatic carbocycles. The van der Waals surface area contributed by atoms with Crippen LogP contribution in [0.1, 0.15) is 86.6 Å². The molecule has 0 amide bonds. The number of esters is 1. The molecule has 1 aromatic carbocycles. The first-order valence-corrected chi connectivity index (χ1v) is 17.9. The molecule has 2 aliphatic heterocycles. The zero-order valence-corrected chi connectivity index (χ0v) is 31.1. The van der Waals surface area contributed by atoms with Crippen LogP contribution in [0.3, 0.4) is 0 Å². The first-order chi connectivity index (χ1) is 22.8. The summed E-state index contributed by atoms with van der Waals surface area (Å²) in [4.78, 5) is 43.5. The molecule has 1 aromatic rings. The Morgan fingerprint density at radius 3 is 2.18 bits per heavy atom. The largest absolute Gasteiger partial charge is 0.459 e. The number of hydrogen-bond acceptors (Lipinski definition) is 11. The van der Waals surface area contributed by atoms with Gasteiger partial charge in [0.2, 0.25) is 0 Å². The lowest BCUT2D eigenvalue weighted by Gasteiger charge is -2.47. The summed E-state index contributed by atoms with van der Waals surface area (Å²) >= 11 is 0. The van der Waals surface area contributed by atoms with Crippen LogP contribution >= 0.6 is 0 Å². The minimum Gasteiger partial charge on any atom is -0.459 e. The normalized spacial score (nSPS) is 40.2. The highest BCUT2D eigenvalue weighted by Crippen LogP contribution is 2.38. The molecule has 0 radical (unpaired) electrons. The second-order valence-electron chi connectivity index (χ2n) is 15.1. The number of cyclic esters (lactones) is 1. The zero-order valence-electron chi connectivity index (χ0n) is 31.1. The van der Waals surface area contributed by atoms with Crippen LogP contribution in [0.15, 0.2) is 30.3 Å². The first-order valence-electron chi connectivity index (χ1n) is 17.9. The maximum absolute atomic E-state index is 14.2. The van der Waals surface area contributed by atoms with Crippen LogP contribution in [0.25, 0.3) is 0 Å². The molecule has 3 N–H and O–H groups in total. The lowest BCUT2D eigenvalue weighted by Crippen LogP contribution is -2.60. The number of ketones is 2. The number of aliphatic hydroxyl groups is 3. The smallest absolute Gasteiger partial charge is 0.316 e. The van der Waals surface area contributed by atoms with Crippen LogP contribution in [0.5, 0.6) is 0 Å². The van der Waals surface area contributed by atoms with Crippen molar-refractivity contribution >= 4 is 17.5 Å². The Labute approximate surface area is 292 Å². The standard InChI is InChI=1S/C38H61NO10/c1-11-29-38(8,45)33(43)24(4)30(40)22(2)21-37(7,46-19-15-18-27-16-13-12-14-17-27)34(25(5)31(41)26(6)35(44)48-29)49-36-32(42)28(39(9)10)20-23(3)47-36/h12-14,16-17,22-26,28-29,32-34,36,42-43,45H,11,15,18-21H2,1-10H3/t22-,23-,24+,25+,26-,28+,29-,32-,33-,34-,36+,37-,38-/m1/s1. The van der Waals surface area contributed by atoms with Gasteiger partial charge in [-0.2, -0.15) is 0 Å². The van der Waals surface area contributed by atoms with E-state index in [9.17, 15) is 29.7 Å². The topological polar surface area (TPSA) is 152 Å². The summed E-state index contributed by atoms with van der Waals surface area (Å²) in [5.41, 5.74) is -2.13. The van der Waals surface area contributed by atoms with Gasteiger partial charge in [-0.15, -0.1) is 0 Å². The third-order valence-electron chi connectivity index (χ3n) is 10.7. The molecule has 11 nitrogen and oxygen atoms in total. The summed E-state index contributed by atoms with van der Waals surface area (Å²) in [6, 6.07) is 9.68. The van der Waals surface area contributed by atoms with E-state index in [0.29, 0.717) is 12.8 Å². The van der Waals surface area contributed by atoms with Crippen LogP contribution < -0.4 is 0 Å². The van der Waals surface area contributed by atoms with E-state index in [1.54, 1.807) is 34.6 Å². The van der Waals surface area contributed by atoms with Gasteiger partial charge in [-0.3, -0.25) is 14.4 Å². The molecular weight excluding hydrogens is 630 g/mol. The zero-order chi connectivity index (χ0) is 36.8. The highest BCUT2D eigenvalue weighted by Gasteiger charge is 2.52. The number of ether oxygens (including phenoxy) is 4. The molecule has 2 saturated heterocycles. The van der Waals surface area contributed by atoms with E-state index in [-0.39, 0.29) is 37.4 Å². The SMILES string of the molecule is CC[C@H]1OC(=O)[C@H](C)C(=O)[C@H](C)[C@@H](O[C@@H]2O[C@H](C)C[C@H](N(C)C)[C@H]2O)[C@](C)(OCCCc2ccccc2)C[C@@H](C)C(=O)[C@H](C)[C@@H](O)[C@]1(C)O. The Balaban J connectivity index is 2.10. The molecule has 278 valence electrons. The molecule has 2 fully saturated rings. The fourth-order valence-corrected chi connectivity index (χ4v) is 7.60. The molecule has 0 aromatic heterocycles. The Morgan fingerprint density at radius 2 is 1.59 bits per heavy atom. The van der Waals surface area contributed by atoms with Gasteiger partial charge in [-0.1, -0.05) is 58.0 Å². The number of carbonyl (C=O) groups is 3.